The van der Waals surface area contributed by atoms with Crippen LogP contribution in [0.3, 0.4) is 0 Å². The fourth-order valence-electron chi connectivity index (χ4n) is 4.35. The summed E-state index contributed by atoms with van der Waals surface area (Å²) in [6, 6.07) is 25.3. The summed E-state index contributed by atoms with van der Waals surface area (Å²) in [6.45, 7) is 3.18. The molecule has 1 aromatic heterocycles. The second-order valence-corrected chi connectivity index (χ2v) is 7.63. The lowest BCUT2D eigenvalue weighted by molar-refractivity contribution is 0.151. The number of hydrogen-bond acceptors (Lipinski definition) is 3. The van der Waals surface area contributed by atoms with Crippen molar-refractivity contribution in [1.29, 1.82) is 0 Å². The van der Waals surface area contributed by atoms with Crippen LogP contribution in [0.4, 0.5) is 5.69 Å². The number of nitrogen functional groups attached to an aromatic ring is 1. The molecule has 2 aromatic carbocycles. The van der Waals surface area contributed by atoms with Gasteiger partial charge in [-0.1, -0.05) is 54.6 Å². The summed E-state index contributed by atoms with van der Waals surface area (Å²) >= 11 is 0. The van der Waals surface area contributed by atoms with Gasteiger partial charge in [0.15, 0.2) is 0 Å². The van der Waals surface area contributed by atoms with E-state index in [-0.39, 0.29) is 5.41 Å². The quantitative estimate of drug-likeness (QED) is 0.687. The molecular formula is C24H27N3. The van der Waals surface area contributed by atoms with E-state index >= 15 is 0 Å². The molecule has 0 radical (unpaired) electrons. The van der Waals surface area contributed by atoms with E-state index in [1.54, 1.807) is 0 Å². The highest BCUT2D eigenvalue weighted by atomic mass is 15.1. The third-order valence-corrected chi connectivity index (χ3v) is 5.84. The number of benzene rings is 2. The molecule has 0 saturated carbocycles. The number of rotatable bonds is 5. The van der Waals surface area contributed by atoms with E-state index in [4.69, 9.17) is 5.73 Å². The minimum Gasteiger partial charge on any atom is -0.398 e. The maximum absolute atomic E-state index is 6.41. The first-order valence-corrected chi connectivity index (χ1v) is 9.76. The number of aromatic nitrogens is 1. The third kappa shape index (κ3) is 4.04. The van der Waals surface area contributed by atoms with Crippen LogP contribution < -0.4 is 5.73 Å². The Morgan fingerprint density at radius 2 is 1.56 bits per heavy atom. The summed E-state index contributed by atoms with van der Waals surface area (Å²) < 4.78 is 0. The first-order valence-electron chi connectivity index (χ1n) is 9.76. The molecule has 138 valence electrons. The van der Waals surface area contributed by atoms with Crippen molar-refractivity contribution in [1.82, 2.24) is 9.88 Å². The minimum atomic E-state index is 0.0624. The highest BCUT2D eigenvalue weighted by molar-refractivity contribution is 5.51. The van der Waals surface area contributed by atoms with Crippen molar-refractivity contribution in [3.8, 4) is 0 Å². The molecule has 0 spiro atoms. The number of pyridine rings is 1. The fraction of sp³-hybridized carbons (Fsp3) is 0.292. The van der Waals surface area contributed by atoms with Gasteiger partial charge in [-0.2, -0.15) is 0 Å². The SMILES string of the molecule is Nc1ccccc1C1(Cc2ccccn2)CCN(Cc2ccccc2)CC1. The number of nitrogens with two attached hydrogens (primary N) is 1. The van der Waals surface area contributed by atoms with Crippen LogP contribution in [0, 0.1) is 0 Å². The summed E-state index contributed by atoms with van der Waals surface area (Å²) in [7, 11) is 0. The van der Waals surface area contributed by atoms with E-state index in [0.29, 0.717) is 0 Å². The average molecular weight is 358 g/mol. The number of anilines is 1. The minimum absolute atomic E-state index is 0.0624. The number of likely N-dealkylation sites (tertiary alicyclic amines) is 1. The molecule has 2 heterocycles. The van der Waals surface area contributed by atoms with Crippen LogP contribution in [0.25, 0.3) is 0 Å². The number of nitrogens with zero attached hydrogens (tertiary/aromatic N) is 2. The van der Waals surface area contributed by atoms with Crippen LogP contribution in [0.5, 0.6) is 0 Å². The van der Waals surface area contributed by atoms with E-state index in [2.05, 4.69) is 64.5 Å². The molecule has 4 rings (SSSR count). The largest absolute Gasteiger partial charge is 0.398 e. The molecule has 0 unspecified atom stereocenters. The van der Waals surface area contributed by atoms with Crippen molar-refractivity contribution in [3.05, 3.63) is 95.8 Å². The predicted molar refractivity (Wildman–Crippen MR) is 111 cm³/mol. The zero-order valence-electron chi connectivity index (χ0n) is 15.7. The Labute approximate surface area is 161 Å². The second kappa shape index (κ2) is 7.93. The summed E-state index contributed by atoms with van der Waals surface area (Å²) in [5, 5.41) is 0. The molecule has 0 aliphatic carbocycles. The molecule has 1 aliphatic rings. The molecular weight excluding hydrogens is 330 g/mol. The standard InChI is InChI=1S/C24H27N3/c25-23-12-5-4-11-22(23)24(18-21-10-6-7-15-26-21)13-16-27(17-14-24)19-20-8-2-1-3-9-20/h1-12,15H,13-14,16-19,25H2. The van der Waals surface area contributed by atoms with Crippen molar-refractivity contribution < 1.29 is 0 Å². The first-order chi connectivity index (χ1) is 13.3. The lowest BCUT2D eigenvalue weighted by Gasteiger charge is -2.43. The van der Waals surface area contributed by atoms with Crippen LogP contribution in [0.15, 0.2) is 79.0 Å². The highest BCUT2D eigenvalue weighted by Gasteiger charge is 2.37. The third-order valence-electron chi connectivity index (χ3n) is 5.84. The van der Waals surface area contributed by atoms with Crippen LogP contribution in [0.2, 0.25) is 0 Å². The smallest absolute Gasteiger partial charge is 0.0412 e. The zero-order chi connectivity index (χ0) is 18.5. The lowest BCUT2D eigenvalue weighted by atomic mass is 9.69. The molecule has 0 bridgehead atoms. The molecule has 1 saturated heterocycles. The molecule has 27 heavy (non-hydrogen) atoms. The summed E-state index contributed by atoms with van der Waals surface area (Å²) in [5.74, 6) is 0. The van der Waals surface area contributed by atoms with E-state index in [9.17, 15) is 0 Å². The predicted octanol–water partition coefficient (Wildman–Crippen LogP) is 4.44. The molecule has 1 aliphatic heterocycles. The average Bonchev–Trinajstić information content (AvgIpc) is 2.71. The van der Waals surface area contributed by atoms with Gasteiger partial charge in [0.25, 0.3) is 0 Å². The lowest BCUT2D eigenvalue weighted by Crippen LogP contribution is -2.44. The first kappa shape index (κ1) is 17.7. The van der Waals surface area contributed by atoms with Crippen molar-refractivity contribution in [2.45, 2.75) is 31.2 Å². The maximum atomic E-state index is 6.41. The van der Waals surface area contributed by atoms with Gasteiger partial charge in [0.05, 0.1) is 0 Å². The number of piperidine rings is 1. The van der Waals surface area contributed by atoms with E-state index in [1.165, 1.54) is 11.1 Å². The van der Waals surface area contributed by atoms with Gasteiger partial charge >= 0.3 is 0 Å². The Morgan fingerprint density at radius 1 is 0.852 bits per heavy atom. The molecule has 3 aromatic rings. The molecule has 0 atom stereocenters. The van der Waals surface area contributed by atoms with Crippen LogP contribution in [-0.2, 0) is 18.4 Å². The van der Waals surface area contributed by atoms with Crippen LogP contribution in [0.1, 0.15) is 29.7 Å². The Balaban J connectivity index is 1.56. The summed E-state index contributed by atoms with van der Waals surface area (Å²) in [4.78, 5) is 7.17. The van der Waals surface area contributed by atoms with Gasteiger partial charge in [-0.15, -0.1) is 0 Å². The Morgan fingerprint density at radius 3 is 2.26 bits per heavy atom. The fourth-order valence-corrected chi connectivity index (χ4v) is 4.35. The van der Waals surface area contributed by atoms with Gasteiger partial charge in [-0.3, -0.25) is 9.88 Å². The Hall–Kier alpha value is -2.65. The molecule has 2 N–H and O–H groups in total. The van der Waals surface area contributed by atoms with Crippen LogP contribution >= 0.6 is 0 Å². The number of para-hydroxylation sites is 1. The Kier molecular flexibility index (Phi) is 5.21. The summed E-state index contributed by atoms with van der Waals surface area (Å²) in [6.07, 6.45) is 5.04. The van der Waals surface area contributed by atoms with Crippen molar-refractivity contribution in [2.24, 2.45) is 0 Å². The molecule has 1 fully saturated rings. The van der Waals surface area contributed by atoms with Gasteiger partial charge < -0.3 is 5.73 Å². The normalized spacial score (nSPS) is 16.9. The van der Waals surface area contributed by atoms with E-state index in [1.807, 2.05) is 24.4 Å². The van der Waals surface area contributed by atoms with Gasteiger partial charge in [0.1, 0.15) is 0 Å². The monoisotopic (exact) mass is 357 g/mol. The second-order valence-electron chi connectivity index (χ2n) is 7.63. The van der Waals surface area contributed by atoms with Gasteiger partial charge in [0, 0.05) is 29.5 Å². The van der Waals surface area contributed by atoms with Crippen molar-refractivity contribution in [2.75, 3.05) is 18.8 Å². The molecule has 0 amide bonds. The van der Waals surface area contributed by atoms with Gasteiger partial charge in [-0.05, 0) is 61.7 Å². The molecule has 3 heteroatoms. The number of hydrogen-bond donors (Lipinski definition) is 1. The summed E-state index contributed by atoms with van der Waals surface area (Å²) in [5.41, 5.74) is 11.2. The van der Waals surface area contributed by atoms with Crippen molar-refractivity contribution >= 4 is 5.69 Å². The molecule has 3 nitrogen and oxygen atoms in total. The van der Waals surface area contributed by atoms with Gasteiger partial charge in [0.2, 0.25) is 0 Å². The van der Waals surface area contributed by atoms with Crippen LogP contribution in [-0.4, -0.2) is 23.0 Å². The van der Waals surface area contributed by atoms with Crippen molar-refractivity contribution in [3.63, 3.8) is 0 Å². The topological polar surface area (TPSA) is 42.1 Å². The Bertz CT molecular complexity index is 853. The van der Waals surface area contributed by atoms with E-state index in [0.717, 1.165) is 50.3 Å². The zero-order valence-corrected chi connectivity index (χ0v) is 15.7. The maximum Gasteiger partial charge on any atom is 0.0412 e. The highest BCUT2D eigenvalue weighted by Crippen LogP contribution is 2.41. The van der Waals surface area contributed by atoms with E-state index < -0.39 is 0 Å². The van der Waals surface area contributed by atoms with Gasteiger partial charge in [-0.25, -0.2) is 0 Å².